The van der Waals surface area contributed by atoms with Crippen LogP contribution in [-0.4, -0.2) is 57.3 Å². The molecule has 31 heavy (non-hydrogen) atoms. The molecule has 166 valence electrons. The van der Waals surface area contributed by atoms with Crippen molar-refractivity contribution in [3.8, 4) is 6.07 Å². The maximum absolute atomic E-state index is 13.0. The molecule has 0 unspecified atom stereocenters. The van der Waals surface area contributed by atoms with E-state index in [0.29, 0.717) is 0 Å². The zero-order chi connectivity index (χ0) is 23.2. The largest absolute Gasteiger partial charge is 0.465 e. The summed E-state index contributed by atoms with van der Waals surface area (Å²) < 4.78 is 36.8. The molecule has 0 bridgehead atoms. The van der Waals surface area contributed by atoms with E-state index < -0.39 is 40.3 Å². The zero-order valence-electron chi connectivity index (χ0n) is 17.2. The van der Waals surface area contributed by atoms with Crippen molar-refractivity contribution in [1.29, 1.82) is 5.26 Å². The molecule has 1 aromatic carbocycles. The lowest BCUT2D eigenvalue weighted by Crippen LogP contribution is -2.41. The summed E-state index contributed by atoms with van der Waals surface area (Å²) in [7, 11) is -2.81. The molecule has 0 radical (unpaired) electrons. The minimum Gasteiger partial charge on any atom is -0.465 e. The van der Waals surface area contributed by atoms with Crippen molar-refractivity contribution in [3.63, 3.8) is 0 Å². The van der Waals surface area contributed by atoms with E-state index in [9.17, 15) is 22.8 Å². The number of ether oxygens (including phenoxy) is 2. The number of carbonyl (C=O) groups is 3. The minimum atomic E-state index is -3.98. The quantitative estimate of drug-likeness (QED) is 0.360. The van der Waals surface area contributed by atoms with Gasteiger partial charge in [0.25, 0.3) is 0 Å². The second kappa shape index (κ2) is 10.2. The van der Waals surface area contributed by atoms with Crippen molar-refractivity contribution in [2.75, 3.05) is 26.8 Å². The first-order valence-corrected chi connectivity index (χ1v) is 10.8. The average molecular weight is 449 g/mol. The smallest absolute Gasteiger partial charge is 0.339 e. The number of ketones is 1. The second-order valence-corrected chi connectivity index (χ2v) is 8.77. The monoisotopic (exact) mass is 449 g/mol. The summed E-state index contributed by atoms with van der Waals surface area (Å²) in [6, 6.07) is 7.40. The number of methoxy groups -OCH3 is 1. The number of piperidine rings is 1. The third kappa shape index (κ3) is 5.48. The maximum Gasteiger partial charge on any atom is 0.339 e. The van der Waals surface area contributed by atoms with Gasteiger partial charge >= 0.3 is 11.9 Å². The third-order valence-corrected chi connectivity index (χ3v) is 6.78. The first kappa shape index (κ1) is 24.0. The number of nitriles is 1. The summed E-state index contributed by atoms with van der Waals surface area (Å²) >= 11 is 0. The highest BCUT2D eigenvalue weighted by Crippen LogP contribution is 2.27. The predicted molar refractivity (Wildman–Crippen MR) is 108 cm³/mol. The summed E-state index contributed by atoms with van der Waals surface area (Å²) in [5.41, 5.74) is 5.15. The van der Waals surface area contributed by atoms with Gasteiger partial charge in [0.1, 0.15) is 11.6 Å². The molecule has 1 fully saturated rings. The van der Waals surface area contributed by atoms with Crippen LogP contribution in [0.15, 0.2) is 40.4 Å². The first-order chi connectivity index (χ1) is 14.6. The molecule has 1 aliphatic heterocycles. The Kier molecular flexibility index (Phi) is 7.90. The van der Waals surface area contributed by atoms with Gasteiger partial charge < -0.3 is 15.2 Å². The average Bonchev–Trinajstić information content (AvgIpc) is 2.77. The number of nitrogens with zero attached hydrogens (tertiary/aromatic N) is 2. The van der Waals surface area contributed by atoms with Crippen molar-refractivity contribution in [2.24, 2.45) is 11.7 Å². The minimum absolute atomic E-state index is 0.0364. The number of nitrogens with two attached hydrogens (primary N) is 1. The van der Waals surface area contributed by atoms with Crippen molar-refractivity contribution in [2.45, 2.75) is 24.7 Å². The zero-order valence-corrected chi connectivity index (χ0v) is 18.0. The van der Waals surface area contributed by atoms with E-state index >= 15 is 0 Å². The normalized spacial score (nSPS) is 16.0. The van der Waals surface area contributed by atoms with E-state index in [1.54, 1.807) is 6.07 Å². The number of carbonyl (C=O) groups excluding carboxylic acids is 3. The Labute approximate surface area is 180 Å². The SMILES string of the molecule is COC(=O)c1ccccc1S(=O)(=O)N1CCC(C(=O)OCC(=O)C(C#N)=C(C)N)CC1. The van der Waals surface area contributed by atoms with Gasteiger partial charge in [-0.3, -0.25) is 9.59 Å². The van der Waals surface area contributed by atoms with Gasteiger partial charge in [-0.15, -0.1) is 0 Å². The number of hydrogen-bond acceptors (Lipinski definition) is 9. The van der Waals surface area contributed by atoms with Crippen LogP contribution in [0.1, 0.15) is 30.1 Å². The molecule has 0 saturated carbocycles. The van der Waals surface area contributed by atoms with E-state index in [0.717, 1.165) is 7.11 Å². The lowest BCUT2D eigenvalue weighted by atomic mass is 9.98. The fourth-order valence-electron chi connectivity index (χ4n) is 3.14. The summed E-state index contributed by atoms with van der Waals surface area (Å²) in [6.45, 7) is 0.863. The molecule has 11 heteroatoms. The van der Waals surface area contributed by atoms with E-state index in [1.165, 1.54) is 35.5 Å². The Bertz CT molecular complexity index is 1040. The van der Waals surface area contributed by atoms with Crippen molar-refractivity contribution in [1.82, 2.24) is 4.31 Å². The van der Waals surface area contributed by atoms with Crippen LogP contribution in [0.25, 0.3) is 0 Å². The van der Waals surface area contributed by atoms with Gasteiger partial charge in [0.05, 0.1) is 23.5 Å². The Morgan fingerprint density at radius 2 is 1.84 bits per heavy atom. The Hall–Kier alpha value is -3.23. The van der Waals surface area contributed by atoms with Crippen molar-refractivity contribution < 1.29 is 32.3 Å². The van der Waals surface area contributed by atoms with Crippen LogP contribution >= 0.6 is 0 Å². The number of allylic oxidation sites excluding steroid dienone is 1. The van der Waals surface area contributed by atoms with Crippen LogP contribution < -0.4 is 5.73 Å². The Morgan fingerprint density at radius 1 is 1.23 bits per heavy atom. The molecule has 0 amide bonds. The Morgan fingerprint density at radius 3 is 2.39 bits per heavy atom. The lowest BCUT2D eigenvalue weighted by molar-refractivity contribution is -0.152. The highest BCUT2D eigenvalue weighted by molar-refractivity contribution is 7.89. The number of benzene rings is 1. The van der Waals surface area contributed by atoms with Gasteiger partial charge in [-0.2, -0.15) is 9.57 Å². The fourth-order valence-corrected chi connectivity index (χ4v) is 4.79. The van der Waals surface area contributed by atoms with Crippen LogP contribution in [0.4, 0.5) is 0 Å². The van der Waals surface area contributed by atoms with Crippen LogP contribution in [0.2, 0.25) is 0 Å². The topological polar surface area (TPSA) is 157 Å². The summed E-state index contributed by atoms with van der Waals surface area (Å²) in [6.07, 6.45) is 0.368. The molecular weight excluding hydrogens is 426 g/mol. The maximum atomic E-state index is 13.0. The molecule has 1 heterocycles. The standard InChI is InChI=1S/C20H23N3O7S/c1-13(22)16(11-21)17(24)12-30-19(25)14-7-9-23(10-8-14)31(27,28)18-6-4-3-5-15(18)20(26)29-2/h3-6,14H,7-10,12,22H2,1-2H3. The highest BCUT2D eigenvalue weighted by Gasteiger charge is 2.35. The van der Waals surface area contributed by atoms with Crippen molar-refractivity contribution in [3.05, 3.63) is 41.1 Å². The lowest BCUT2D eigenvalue weighted by Gasteiger charge is -2.30. The van der Waals surface area contributed by atoms with Gasteiger partial charge in [0, 0.05) is 18.8 Å². The molecule has 10 nitrogen and oxygen atoms in total. The molecule has 0 aliphatic carbocycles. The summed E-state index contributed by atoms with van der Waals surface area (Å²) in [5.74, 6) is -2.70. The molecule has 1 aromatic rings. The van der Waals surface area contributed by atoms with Gasteiger partial charge in [0.2, 0.25) is 15.8 Å². The molecule has 2 N–H and O–H groups in total. The second-order valence-electron chi connectivity index (χ2n) is 6.87. The highest BCUT2D eigenvalue weighted by atomic mass is 32.2. The van der Waals surface area contributed by atoms with Gasteiger partial charge in [-0.05, 0) is 31.9 Å². The molecule has 0 spiro atoms. The predicted octanol–water partition coefficient (Wildman–Crippen LogP) is 0.742. The molecule has 0 aromatic heterocycles. The van der Waals surface area contributed by atoms with E-state index in [2.05, 4.69) is 4.74 Å². The number of sulfonamides is 1. The first-order valence-electron chi connectivity index (χ1n) is 9.37. The number of rotatable bonds is 7. The van der Waals surface area contributed by atoms with E-state index in [4.69, 9.17) is 15.7 Å². The van der Waals surface area contributed by atoms with Gasteiger partial charge in [-0.25, -0.2) is 13.2 Å². The van der Waals surface area contributed by atoms with Gasteiger partial charge in [0.15, 0.2) is 6.61 Å². The fraction of sp³-hybridized carbons (Fsp3) is 0.400. The number of Topliss-reactive ketones (excluding diaryl/α,β-unsaturated/α-hetero) is 1. The third-order valence-electron chi connectivity index (χ3n) is 4.83. The molecule has 1 saturated heterocycles. The summed E-state index contributed by atoms with van der Waals surface area (Å²) in [5, 5.41) is 8.91. The molecular formula is C20H23N3O7S. The molecule has 2 rings (SSSR count). The molecule has 0 atom stereocenters. The number of hydrogen-bond donors (Lipinski definition) is 1. The van der Waals surface area contributed by atoms with Gasteiger partial charge in [-0.1, -0.05) is 12.1 Å². The van der Waals surface area contributed by atoms with E-state index in [-0.39, 0.29) is 47.7 Å². The summed E-state index contributed by atoms with van der Waals surface area (Å²) in [4.78, 5) is 35.9. The van der Waals surface area contributed by atoms with Crippen LogP contribution in [0.3, 0.4) is 0 Å². The van der Waals surface area contributed by atoms with Crippen molar-refractivity contribution >= 4 is 27.7 Å². The van der Waals surface area contributed by atoms with Crippen LogP contribution in [0, 0.1) is 17.2 Å². The number of esters is 2. The van der Waals surface area contributed by atoms with E-state index in [1.807, 2.05) is 0 Å². The molecule has 1 aliphatic rings. The Balaban J connectivity index is 2.02. The van der Waals surface area contributed by atoms with Crippen LogP contribution in [-0.2, 0) is 29.1 Å². The van der Waals surface area contributed by atoms with Crippen LogP contribution in [0.5, 0.6) is 0 Å².